The number of rotatable bonds is 11. The van der Waals surface area contributed by atoms with Crippen molar-refractivity contribution in [3.05, 3.63) is 64.2 Å². The summed E-state index contributed by atoms with van der Waals surface area (Å²) in [5.74, 6) is -5.17. The summed E-state index contributed by atoms with van der Waals surface area (Å²) in [5.41, 5.74) is -0.0689. The summed E-state index contributed by atoms with van der Waals surface area (Å²) in [6.45, 7) is 2.58. The van der Waals surface area contributed by atoms with Crippen molar-refractivity contribution in [2.75, 3.05) is 32.7 Å². The monoisotopic (exact) mass is 630 g/mol. The first-order valence-corrected chi connectivity index (χ1v) is 14.8. The number of aliphatic hydroxyl groups is 1. The van der Waals surface area contributed by atoms with Crippen molar-refractivity contribution in [1.29, 1.82) is 0 Å². The number of ether oxygens (including phenoxy) is 2. The smallest absolute Gasteiger partial charge is 0.336 e. The third-order valence-corrected chi connectivity index (χ3v) is 9.10. The number of likely N-dealkylation sites (tertiary alicyclic amines) is 2. The Kier molecular flexibility index (Phi) is 9.17. The van der Waals surface area contributed by atoms with Gasteiger partial charge in [-0.05, 0) is 54.2 Å². The number of nitrogens with zero attached hydrogens (tertiary/aromatic N) is 2. The minimum Gasteiger partial charge on any atom is -0.508 e. The summed E-state index contributed by atoms with van der Waals surface area (Å²) in [4.78, 5) is 52.1. The fourth-order valence-corrected chi connectivity index (χ4v) is 6.50. The van der Waals surface area contributed by atoms with E-state index >= 15 is 0 Å². The molecule has 2 fully saturated rings. The molecule has 4 N–H and O–H groups in total. The van der Waals surface area contributed by atoms with Gasteiger partial charge in [0, 0.05) is 24.7 Å². The molecule has 13 heteroatoms. The highest BCUT2D eigenvalue weighted by Gasteiger charge is 2.45. The highest BCUT2D eigenvalue weighted by molar-refractivity contribution is 6.31. The number of amides is 1. The maximum absolute atomic E-state index is 13.7. The van der Waals surface area contributed by atoms with Crippen molar-refractivity contribution in [1.82, 2.24) is 9.80 Å². The van der Waals surface area contributed by atoms with E-state index in [1.165, 1.54) is 22.1 Å². The van der Waals surface area contributed by atoms with Gasteiger partial charge < -0.3 is 39.7 Å². The number of carboxylic acid groups (broad SMARTS) is 2. The third kappa shape index (κ3) is 6.83. The molecule has 0 saturated carbocycles. The number of hydrogen-bond donors (Lipinski definition) is 4. The number of aromatic hydroxyl groups is 1. The molecule has 5 rings (SSSR count). The zero-order valence-electron chi connectivity index (χ0n) is 24.0. The van der Waals surface area contributed by atoms with Crippen molar-refractivity contribution < 1.29 is 49.1 Å². The van der Waals surface area contributed by atoms with E-state index in [9.17, 15) is 34.5 Å². The molecule has 44 heavy (non-hydrogen) atoms. The number of halogens is 1. The van der Waals surface area contributed by atoms with Crippen LogP contribution in [0.25, 0.3) is 0 Å². The molecule has 236 valence electrons. The van der Waals surface area contributed by atoms with E-state index in [1.54, 1.807) is 12.1 Å². The van der Waals surface area contributed by atoms with Gasteiger partial charge in [0.1, 0.15) is 11.9 Å². The first-order chi connectivity index (χ1) is 20.9. The Bertz CT molecular complexity index is 1440. The van der Waals surface area contributed by atoms with E-state index in [1.807, 2.05) is 12.1 Å². The van der Waals surface area contributed by atoms with Gasteiger partial charge in [-0.15, -0.1) is 0 Å². The van der Waals surface area contributed by atoms with Crippen LogP contribution >= 0.6 is 11.6 Å². The van der Waals surface area contributed by atoms with Gasteiger partial charge in [0.2, 0.25) is 5.91 Å². The Morgan fingerprint density at radius 2 is 1.77 bits per heavy atom. The van der Waals surface area contributed by atoms with Crippen LogP contribution in [0.3, 0.4) is 0 Å². The van der Waals surface area contributed by atoms with Crippen LogP contribution in [0.1, 0.15) is 42.4 Å². The Morgan fingerprint density at radius 1 is 1.07 bits per heavy atom. The molecule has 0 aromatic heterocycles. The van der Waals surface area contributed by atoms with Gasteiger partial charge in [-0.1, -0.05) is 35.9 Å². The minimum atomic E-state index is -2.80. The molecule has 3 aliphatic heterocycles. The van der Waals surface area contributed by atoms with Crippen LogP contribution in [0.2, 0.25) is 5.02 Å². The number of carbonyl (C=O) groups is 4. The average molecular weight is 631 g/mol. The molecule has 2 aromatic carbocycles. The lowest BCUT2D eigenvalue weighted by Gasteiger charge is -2.43. The van der Waals surface area contributed by atoms with Crippen molar-refractivity contribution in [3.8, 4) is 5.75 Å². The highest BCUT2D eigenvalue weighted by Crippen LogP contribution is 2.44. The first kappa shape index (κ1) is 31.7. The van der Waals surface area contributed by atoms with Gasteiger partial charge in [-0.25, -0.2) is 4.79 Å². The molecular formula is C31H35ClN2O10. The van der Waals surface area contributed by atoms with Crippen LogP contribution in [0.15, 0.2) is 42.5 Å². The average Bonchev–Trinajstić information content (AvgIpc) is 3.30. The lowest BCUT2D eigenvalue weighted by molar-refractivity contribution is -0.178. The number of phenols is 1. The van der Waals surface area contributed by atoms with E-state index in [-0.39, 0.29) is 36.8 Å². The molecule has 0 radical (unpaired) electrons. The zero-order chi connectivity index (χ0) is 31.6. The summed E-state index contributed by atoms with van der Waals surface area (Å²) < 4.78 is 11.5. The van der Waals surface area contributed by atoms with E-state index < -0.39 is 48.4 Å². The van der Waals surface area contributed by atoms with Crippen LogP contribution in [0, 0.1) is 5.92 Å². The summed E-state index contributed by atoms with van der Waals surface area (Å²) in [6, 6.07) is 12.8. The number of benzene rings is 2. The molecule has 2 atom stereocenters. The third-order valence-electron chi connectivity index (χ3n) is 8.74. The molecule has 0 aliphatic carbocycles. The van der Waals surface area contributed by atoms with Gasteiger partial charge in [0.15, 0.2) is 5.60 Å². The number of esters is 1. The van der Waals surface area contributed by atoms with Crippen LogP contribution in [-0.4, -0.2) is 98.5 Å². The zero-order valence-corrected chi connectivity index (χ0v) is 24.7. The van der Waals surface area contributed by atoms with Gasteiger partial charge in [-0.3, -0.25) is 14.4 Å². The molecule has 2 unspecified atom stereocenters. The van der Waals surface area contributed by atoms with Crippen molar-refractivity contribution in [2.45, 2.75) is 56.0 Å². The Balaban J connectivity index is 1.21. The van der Waals surface area contributed by atoms with Gasteiger partial charge in [-0.2, -0.15) is 0 Å². The second-order valence-corrected chi connectivity index (χ2v) is 12.3. The van der Waals surface area contributed by atoms with E-state index in [0.29, 0.717) is 23.7 Å². The molecule has 3 heterocycles. The normalized spacial score (nSPS) is 19.9. The fourth-order valence-electron chi connectivity index (χ4n) is 6.30. The second kappa shape index (κ2) is 12.7. The van der Waals surface area contributed by atoms with E-state index in [0.717, 1.165) is 25.9 Å². The van der Waals surface area contributed by atoms with Crippen LogP contribution in [-0.2, 0) is 47.3 Å². The molecule has 1 amide bonds. The van der Waals surface area contributed by atoms with Gasteiger partial charge >= 0.3 is 17.9 Å². The Labute approximate surface area is 258 Å². The summed E-state index contributed by atoms with van der Waals surface area (Å²) in [6.07, 6.45) is -1.10. The molecule has 0 bridgehead atoms. The standard InChI is InChI=1S/C31H35ClN2O10/c32-25-6-5-22(35)12-20(25)11-21(15-33-9-7-31(8-10-33)24-4-2-1-3-19(24)18-43-31)28(39)34-16-23(17-34)44-27(38)14-30(42,29(40)41)13-26(36)37/h1-6,12,21,23,35,42H,7-11,13-18H2,(H,36,37)(H,40,41). The number of fused-ring (bicyclic) bond motifs is 2. The molecule has 1 spiro atoms. The molecule has 12 nitrogen and oxygen atoms in total. The molecule has 2 aromatic rings. The Hall–Kier alpha value is -3.71. The van der Waals surface area contributed by atoms with Crippen molar-refractivity contribution in [3.63, 3.8) is 0 Å². The quantitative estimate of drug-likeness (QED) is 0.268. The lowest BCUT2D eigenvalue weighted by Crippen LogP contribution is -2.58. The van der Waals surface area contributed by atoms with Gasteiger partial charge in [0.25, 0.3) is 0 Å². The molecular weight excluding hydrogens is 596 g/mol. The summed E-state index contributed by atoms with van der Waals surface area (Å²) in [7, 11) is 0. The number of hydrogen-bond acceptors (Lipinski definition) is 9. The molecule has 2 saturated heterocycles. The minimum absolute atomic E-state index is 0.0349. The SMILES string of the molecule is O=C(O)CC(O)(CC(=O)OC1CN(C(=O)C(Cc2cc(O)ccc2Cl)CN2CCC3(CC2)OCc2ccccc23)C1)C(=O)O. The summed E-state index contributed by atoms with van der Waals surface area (Å²) in [5, 5.41) is 38.7. The first-order valence-electron chi connectivity index (χ1n) is 14.5. The number of carboxylic acids is 2. The van der Waals surface area contributed by atoms with Crippen LogP contribution < -0.4 is 0 Å². The molecule has 3 aliphatic rings. The van der Waals surface area contributed by atoms with Gasteiger partial charge in [0.05, 0.1) is 44.1 Å². The predicted octanol–water partition coefficient (Wildman–Crippen LogP) is 2.16. The highest BCUT2D eigenvalue weighted by atomic mass is 35.5. The van der Waals surface area contributed by atoms with Crippen LogP contribution in [0.5, 0.6) is 5.75 Å². The summed E-state index contributed by atoms with van der Waals surface area (Å²) >= 11 is 6.41. The van der Waals surface area contributed by atoms with E-state index in [2.05, 4.69) is 17.0 Å². The Morgan fingerprint density at radius 3 is 2.45 bits per heavy atom. The number of phenolic OH excluding ortho intramolecular Hbond substituents is 1. The lowest BCUT2D eigenvalue weighted by atomic mass is 9.83. The number of piperidine rings is 1. The number of carbonyl (C=O) groups excluding carboxylic acids is 2. The van der Waals surface area contributed by atoms with Crippen LogP contribution in [0.4, 0.5) is 0 Å². The van der Waals surface area contributed by atoms with Crippen molar-refractivity contribution >= 4 is 35.4 Å². The number of aliphatic carboxylic acids is 2. The second-order valence-electron chi connectivity index (χ2n) is 11.9. The maximum Gasteiger partial charge on any atom is 0.336 e. The van der Waals surface area contributed by atoms with Crippen molar-refractivity contribution in [2.24, 2.45) is 5.92 Å². The predicted molar refractivity (Wildman–Crippen MR) is 155 cm³/mol. The fraction of sp³-hybridized carbons (Fsp3) is 0.484. The van der Waals surface area contributed by atoms with E-state index in [4.69, 9.17) is 26.2 Å². The largest absolute Gasteiger partial charge is 0.508 e. The topological polar surface area (TPSA) is 174 Å². The maximum atomic E-state index is 13.7.